The van der Waals surface area contributed by atoms with E-state index < -0.39 is 27.8 Å². The number of piperidine rings is 1. The van der Waals surface area contributed by atoms with Crippen LogP contribution in [0.3, 0.4) is 0 Å². The molecule has 3 aromatic rings. The first-order valence-electron chi connectivity index (χ1n) is 8.76. The summed E-state index contributed by atoms with van der Waals surface area (Å²) in [5.74, 6) is -0.953. The number of nitrogens with one attached hydrogen (secondary N) is 1. The highest BCUT2D eigenvalue weighted by Gasteiger charge is 2.38. The fourth-order valence-corrected chi connectivity index (χ4v) is 5.77. The summed E-state index contributed by atoms with van der Waals surface area (Å²) in [6, 6.07) is 9.43. The zero-order chi connectivity index (χ0) is 19.7. The van der Waals surface area contributed by atoms with Gasteiger partial charge in [0.25, 0.3) is 0 Å². The molecular formula is C18H17FN4O3S2. The number of carbonyl (C=O) groups is 1. The highest BCUT2D eigenvalue weighted by atomic mass is 32.2. The number of amides is 1. The van der Waals surface area contributed by atoms with Gasteiger partial charge < -0.3 is 5.32 Å². The van der Waals surface area contributed by atoms with Gasteiger partial charge in [0.1, 0.15) is 27.8 Å². The summed E-state index contributed by atoms with van der Waals surface area (Å²) in [6.07, 6.45) is 1.79. The average Bonchev–Trinajstić information content (AvgIpc) is 3.16. The Kier molecular flexibility index (Phi) is 5.09. The number of hydrogen-bond acceptors (Lipinski definition) is 6. The summed E-state index contributed by atoms with van der Waals surface area (Å²) < 4.78 is 49.5. The highest BCUT2D eigenvalue weighted by molar-refractivity contribution is 7.89. The third-order valence-electron chi connectivity index (χ3n) is 4.68. The van der Waals surface area contributed by atoms with Crippen LogP contribution in [0.2, 0.25) is 0 Å². The van der Waals surface area contributed by atoms with Crippen molar-refractivity contribution in [1.82, 2.24) is 13.1 Å². The minimum Gasteiger partial charge on any atom is -0.325 e. The van der Waals surface area contributed by atoms with Gasteiger partial charge in [0, 0.05) is 12.2 Å². The maximum Gasteiger partial charge on any atom is 0.246 e. The predicted molar refractivity (Wildman–Crippen MR) is 104 cm³/mol. The van der Waals surface area contributed by atoms with Gasteiger partial charge in [-0.1, -0.05) is 18.6 Å². The van der Waals surface area contributed by atoms with Crippen LogP contribution in [0.15, 0.2) is 47.4 Å². The maximum atomic E-state index is 13.4. The van der Waals surface area contributed by atoms with Crippen molar-refractivity contribution >= 4 is 44.4 Å². The molecule has 7 nitrogen and oxygen atoms in total. The zero-order valence-corrected chi connectivity index (χ0v) is 16.3. The van der Waals surface area contributed by atoms with Crippen LogP contribution in [0, 0.1) is 5.82 Å². The number of halogens is 1. The van der Waals surface area contributed by atoms with E-state index in [1.54, 1.807) is 18.2 Å². The van der Waals surface area contributed by atoms with Gasteiger partial charge in [0.05, 0.1) is 11.7 Å². The van der Waals surface area contributed by atoms with Crippen LogP contribution in [0.4, 0.5) is 10.1 Å². The van der Waals surface area contributed by atoms with Crippen molar-refractivity contribution in [2.24, 2.45) is 0 Å². The van der Waals surface area contributed by atoms with Gasteiger partial charge in [0.15, 0.2) is 0 Å². The van der Waals surface area contributed by atoms with Crippen LogP contribution in [0.5, 0.6) is 0 Å². The van der Waals surface area contributed by atoms with Gasteiger partial charge in [0.2, 0.25) is 15.9 Å². The SMILES string of the molecule is O=C(Nc1cccc(F)c1)C1CCCCN1S(=O)(=O)c1cccc2nsnc12. The summed E-state index contributed by atoms with van der Waals surface area (Å²) in [6.45, 7) is 0.234. The molecule has 0 bridgehead atoms. The highest BCUT2D eigenvalue weighted by Crippen LogP contribution is 2.30. The number of nitrogens with zero attached hydrogens (tertiary/aromatic N) is 3. The second-order valence-corrected chi connectivity index (χ2v) is 8.90. The number of anilines is 1. The van der Waals surface area contributed by atoms with E-state index in [2.05, 4.69) is 14.1 Å². The zero-order valence-electron chi connectivity index (χ0n) is 14.7. The van der Waals surface area contributed by atoms with Crippen molar-refractivity contribution in [3.05, 3.63) is 48.3 Å². The lowest BCUT2D eigenvalue weighted by molar-refractivity contribution is -0.120. The van der Waals surface area contributed by atoms with E-state index in [1.807, 2.05) is 0 Å². The van der Waals surface area contributed by atoms with Gasteiger partial charge in [-0.05, 0) is 43.2 Å². The molecule has 1 fully saturated rings. The molecule has 146 valence electrons. The molecule has 1 unspecified atom stereocenters. The van der Waals surface area contributed by atoms with Crippen LogP contribution >= 0.6 is 11.7 Å². The molecule has 2 aromatic carbocycles. The van der Waals surface area contributed by atoms with E-state index in [-0.39, 0.29) is 11.4 Å². The number of aromatic nitrogens is 2. The molecule has 2 heterocycles. The Morgan fingerprint density at radius 1 is 1.18 bits per heavy atom. The third-order valence-corrected chi connectivity index (χ3v) is 7.17. The molecule has 1 aliphatic rings. The van der Waals surface area contributed by atoms with Crippen molar-refractivity contribution < 1.29 is 17.6 Å². The number of benzene rings is 2. The number of sulfonamides is 1. The molecular weight excluding hydrogens is 403 g/mol. The minimum atomic E-state index is -3.95. The summed E-state index contributed by atoms with van der Waals surface area (Å²) in [5, 5.41) is 2.63. The van der Waals surface area contributed by atoms with Crippen molar-refractivity contribution in [3.8, 4) is 0 Å². The second-order valence-electron chi connectivity index (χ2n) is 6.52. The molecule has 0 saturated carbocycles. The molecule has 10 heteroatoms. The van der Waals surface area contributed by atoms with Crippen LogP contribution in [0.25, 0.3) is 11.0 Å². The van der Waals surface area contributed by atoms with E-state index in [1.165, 1.54) is 28.6 Å². The second kappa shape index (κ2) is 7.53. The fourth-order valence-electron chi connectivity index (χ4n) is 3.36. The lowest BCUT2D eigenvalue weighted by Gasteiger charge is -2.33. The van der Waals surface area contributed by atoms with Gasteiger partial charge in [-0.3, -0.25) is 4.79 Å². The van der Waals surface area contributed by atoms with Crippen molar-refractivity contribution in [2.45, 2.75) is 30.2 Å². The summed E-state index contributed by atoms with van der Waals surface area (Å²) in [5.41, 5.74) is 1.10. The van der Waals surface area contributed by atoms with Gasteiger partial charge in [-0.2, -0.15) is 13.1 Å². The van der Waals surface area contributed by atoms with Crippen LogP contribution in [-0.4, -0.2) is 40.0 Å². The largest absolute Gasteiger partial charge is 0.325 e. The topological polar surface area (TPSA) is 92.3 Å². The minimum absolute atomic E-state index is 0.0456. The Morgan fingerprint density at radius 2 is 2.00 bits per heavy atom. The van der Waals surface area contributed by atoms with Crippen LogP contribution in [0.1, 0.15) is 19.3 Å². The Morgan fingerprint density at radius 3 is 2.82 bits per heavy atom. The van der Waals surface area contributed by atoms with Gasteiger partial charge >= 0.3 is 0 Å². The smallest absolute Gasteiger partial charge is 0.246 e. The third kappa shape index (κ3) is 3.50. The van der Waals surface area contributed by atoms with Gasteiger partial charge in [-0.25, -0.2) is 12.8 Å². The number of fused-ring (bicyclic) bond motifs is 1. The number of carbonyl (C=O) groups excluding carboxylic acids is 1. The van der Waals surface area contributed by atoms with E-state index in [9.17, 15) is 17.6 Å². The Labute approximate surface area is 165 Å². The molecule has 0 radical (unpaired) electrons. The molecule has 0 aliphatic carbocycles. The summed E-state index contributed by atoms with van der Waals surface area (Å²) in [7, 11) is -3.95. The van der Waals surface area contributed by atoms with E-state index in [0.717, 1.165) is 18.1 Å². The van der Waals surface area contributed by atoms with Crippen molar-refractivity contribution in [1.29, 1.82) is 0 Å². The monoisotopic (exact) mass is 420 g/mol. The van der Waals surface area contributed by atoms with Crippen molar-refractivity contribution in [3.63, 3.8) is 0 Å². The normalized spacial score (nSPS) is 18.2. The lowest BCUT2D eigenvalue weighted by atomic mass is 10.0. The molecule has 1 atom stereocenters. The quantitative estimate of drug-likeness (QED) is 0.700. The molecule has 1 saturated heterocycles. The standard InChI is InChI=1S/C18H17FN4O3S2/c19-12-5-3-6-13(11-12)20-18(24)15-8-1-2-10-23(15)28(25,26)16-9-4-7-14-17(16)22-27-21-14/h3-7,9,11,15H,1-2,8,10H2,(H,20,24). The fraction of sp³-hybridized carbons (Fsp3) is 0.278. The van der Waals surface area contributed by atoms with E-state index >= 15 is 0 Å². The molecule has 1 aliphatic heterocycles. The molecule has 28 heavy (non-hydrogen) atoms. The Bertz CT molecular complexity index is 1130. The molecule has 0 spiro atoms. The molecule has 1 N–H and O–H groups in total. The maximum absolute atomic E-state index is 13.4. The molecule has 1 aromatic heterocycles. The van der Waals surface area contributed by atoms with Crippen LogP contribution < -0.4 is 5.32 Å². The lowest BCUT2D eigenvalue weighted by Crippen LogP contribution is -2.49. The Hall–Kier alpha value is -2.43. The summed E-state index contributed by atoms with van der Waals surface area (Å²) in [4.78, 5) is 12.9. The van der Waals surface area contributed by atoms with E-state index in [0.29, 0.717) is 29.6 Å². The molecule has 1 amide bonds. The first kappa shape index (κ1) is 18.9. The summed E-state index contributed by atoms with van der Waals surface area (Å²) >= 11 is 0.942. The number of rotatable bonds is 4. The number of hydrogen-bond donors (Lipinski definition) is 1. The van der Waals surface area contributed by atoms with Crippen molar-refractivity contribution in [2.75, 3.05) is 11.9 Å². The Balaban J connectivity index is 1.66. The van der Waals surface area contributed by atoms with E-state index in [4.69, 9.17) is 0 Å². The van der Waals surface area contributed by atoms with Gasteiger partial charge in [-0.15, -0.1) is 0 Å². The average molecular weight is 420 g/mol. The predicted octanol–water partition coefficient (Wildman–Crippen LogP) is 3.01. The molecule has 4 rings (SSSR count). The first-order chi connectivity index (χ1) is 13.5. The van der Waals surface area contributed by atoms with Crippen LogP contribution in [-0.2, 0) is 14.8 Å². The first-order valence-corrected chi connectivity index (χ1v) is 10.9.